The van der Waals surface area contributed by atoms with Gasteiger partial charge >= 0.3 is 0 Å². The Balaban J connectivity index is 1.82. The molecule has 0 aromatic heterocycles. The van der Waals surface area contributed by atoms with E-state index in [-0.39, 0.29) is 5.41 Å². The van der Waals surface area contributed by atoms with Crippen molar-refractivity contribution in [3.8, 4) is 5.75 Å². The van der Waals surface area contributed by atoms with Crippen LogP contribution in [-0.2, 0) is 9.47 Å². The van der Waals surface area contributed by atoms with Gasteiger partial charge in [-0.3, -0.25) is 4.99 Å². The van der Waals surface area contributed by atoms with Gasteiger partial charge in [-0.1, -0.05) is 13.0 Å². The molecule has 1 aromatic carbocycles. The van der Waals surface area contributed by atoms with Crippen LogP contribution < -0.4 is 15.4 Å². The van der Waals surface area contributed by atoms with Crippen LogP contribution in [0.1, 0.15) is 13.3 Å². The van der Waals surface area contributed by atoms with E-state index in [0.717, 1.165) is 43.6 Å². The van der Waals surface area contributed by atoms with Gasteiger partial charge in [-0.25, -0.2) is 0 Å². The van der Waals surface area contributed by atoms with E-state index in [2.05, 4.69) is 22.5 Å². The molecular formula is C17H27N3O3. The molecule has 0 saturated carbocycles. The van der Waals surface area contributed by atoms with Crippen molar-refractivity contribution in [2.45, 2.75) is 13.3 Å². The molecule has 2 N–H and O–H groups in total. The Kier molecular flexibility index (Phi) is 6.67. The number of rotatable bonds is 8. The van der Waals surface area contributed by atoms with Gasteiger partial charge in [0.15, 0.2) is 5.96 Å². The highest BCUT2D eigenvalue weighted by Crippen LogP contribution is 2.25. The molecule has 1 heterocycles. The van der Waals surface area contributed by atoms with E-state index in [0.29, 0.717) is 13.2 Å². The number of hydrogen-bond acceptors (Lipinski definition) is 4. The molecule has 0 spiro atoms. The van der Waals surface area contributed by atoms with Crippen molar-refractivity contribution >= 4 is 11.6 Å². The second-order valence-corrected chi connectivity index (χ2v) is 6.08. The van der Waals surface area contributed by atoms with Crippen molar-refractivity contribution in [3.05, 3.63) is 24.3 Å². The maximum absolute atomic E-state index is 5.71. The van der Waals surface area contributed by atoms with Gasteiger partial charge in [-0.15, -0.1) is 0 Å². The average molecular weight is 321 g/mol. The highest BCUT2D eigenvalue weighted by Gasteiger charge is 2.33. The second kappa shape index (κ2) is 8.74. The molecule has 0 aliphatic carbocycles. The summed E-state index contributed by atoms with van der Waals surface area (Å²) >= 11 is 0. The SMILES string of the molecule is CN=C(NCC1(C)COC1)Nc1cccc(OCCCOC)c1. The van der Waals surface area contributed by atoms with E-state index in [1.807, 2.05) is 24.3 Å². The van der Waals surface area contributed by atoms with Crippen LogP contribution in [0.2, 0.25) is 0 Å². The minimum Gasteiger partial charge on any atom is -0.493 e. The minimum absolute atomic E-state index is 0.198. The maximum Gasteiger partial charge on any atom is 0.195 e. The number of nitrogens with one attached hydrogen (secondary N) is 2. The van der Waals surface area contributed by atoms with Crippen molar-refractivity contribution in [1.82, 2.24) is 5.32 Å². The summed E-state index contributed by atoms with van der Waals surface area (Å²) in [6.45, 7) is 5.97. The number of ether oxygens (including phenoxy) is 3. The molecule has 1 aliphatic heterocycles. The molecule has 1 saturated heterocycles. The zero-order valence-electron chi connectivity index (χ0n) is 14.2. The Morgan fingerprint density at radius 1 is 1.35 bits per heavy atom. The number of benzene rings is 1. The summed E-state index contributed by atoms with van der Waals surface area (Å²) in [4.78, 5) is 4.26. The van der Waals surface area contributed by atoms with Crippen molar-refractivity contribution < 1.29 is 14.2 Å². The lowest BCUT2D eigenvalue weighted by Gasteiger charge is -2.38. The van der Waals surface area contributed by atoms with E-state index in [1.165, 1.54) is 0 Å². The molecule has 0 amide bonds. The molecule has 1 aromatic rings. The van der Waals surface area contributed by atoms with Gasteiger partial charge in [0, 0.05) is 50.9 Å². The van der Waals surface area contributed by atoms with Gasteiger partial charge in [-0.2, -0.15) is 0 Å². The first-order chi connectivity index (χ1) is 11.1. The standard InChI is InChI=1S/C17H27N3O3/c1-17(12-22-13-17)11-19-16(18-2)20-14-6-4-7-15(10-14)23-9-5-8-21-3/h4,6-7,10H,5,8-9,11-13H2,1-3H3,(H2,18,19,20). The molecule has 23 heavy (non-hydrogen) atoms. The summed E-state index contributed by atoms with van der Waals surface area (Å²) in [5.74, 6) is 1.58. The Morgan fingerprint density at radius 2 is 2.17 bits per heavy atom. The Bertz CT molecular complexity index is 516. The molecule has 0 unspecified atom stereocenters. The molecular weight excluding hydrogens is 294 g/mol. The van der Waals surface area contributed by atoms with E-state index in [9.17, 15) is 0 Å². The number of methoxy groups -OCH3 is 1. The summed E-state index contributed by atoms with van der Waals surface area (Å²) in [7, 11) is 3.46. The summed E-state index contributed by atoms with van der Waals surface area (Å²) in [6.07, 6.45) is 0.873. The van der Waals surface area contributed by atoms with Crippen LogP contribution in [0, 0.1) is 5.41 Å². The van der Waals surface area contributed by atoms with Crippen LogP contribution in [0.15, 0.2) is 29.3 Å². The van der Waals surface area contributed by atoms with E-state index in [4.69, 9.17) is 14.2 Å². The van der Waals surface area contributed by atoms with Crippen molar-refractivity contribution in [3.63, 3.8) is 0 Å². The summed E-state index contributed by atoms with van der Waals surface area (Å²) in [6, 6.07) is 7.86. The average Bonchev–Trinajstić information content (AvgIpc) is 2.54. The van der Waals surface area contributed by atoms with E-state index in [1.54, 1.807) is 14.2 Å². The molecule has 1 fully saturated rings. The third-order valence-electron chi connectivity index (χ3n) is 3.67. The lowest BCUT2D eigenvalue weighted by atomic mass is 9.89. The van der Waals surface area contributed by atoms with Crippen molar-refractivity contribution in [2.24, 2.45) is 10.4 Å². The molecule has 6 heteroatoms. The molecule has 0 bridgehead atoms. The predicted octanol–water partition coefficient (Wildman–Crippen LogP) is 2.13. The third kappa shape index (κ3) is 5.73. The first kappa shape index (κ1) is 17.6. The predicted molar refractivity (Wildman–Crippen MR) is 92.3 cm³/mol. The summed E-state index contributed by atoms with van der Waals surface area (Å²) in [5, 5.41) is 6.63. The quantitative estimate of drug-likeness (QED) is 0.436. The fraction of sp³-hybridized carbons (Fsp3) is 0.588. The first-order valence-electron chi connectivity index (χ1n) is 7.92. The van der Waals surface area contributed by atoms with Crippen LogP contribution in [0.4, 0.5) is 5.69 Å². The number of hydrogen-bond donors (Lipinski definition) is 2. The monoisotopic (exact) mass is 321 g/mol. The molecule has 1 aliphatic rings. The summed E-state index contributed by atoms with van der Waals surface area (Å²) < 4.78 is 16.0. The lowest BCUT2D eigenvalue weighted by Crippen LogP contribution is -2.49. The lowest BCUT2D eigenvalue weighted by molar-refractivity contribution is -0.0970. The minimum atomic E-state index is 0.198. The van der Waals surface area contributed by atoms with Crippen LogP contribution in [-0.4, -0.2) is 53.1 Å². The van der Waals surface area contributed by atoms with Crippen LogP contribution in [0.25, 0.3) is 0 Å². The number of aliphatic imine (C=N–C) groups is 1. The summed E-state index contributed by atoms with van der Waals surface area (Å²) in [5.41, 5.74) is 1.14. The Hall–Kier alpha value is -1.79. The van der Waals surface area contributed by atoms with Gasteiger partial charge in [0.2, 0.25) is 0 Å². The molecule has 0 radical (unpaired) electrons. The highest BCUT2D eigenvalue weighted by molar-refractivity contribution is 5.93. The number of anilines is 1. The van der Waals surface area contributed by atoms with E-state index >= 15 is 0 Å². The highest BCUT2D eigenvalue weighted by atomic mass is 16.5. The van der Waals surface area contributed by atoms with Gasteiger partial charge < -0.3 is 24.8 Å². The third-order valence-corrected chi connectivity index (χ3v) is 3.67. The van der Waals surface area contributed by atoms with Gasteiger partial charge in [0.25, 0.3) is 0 Å². The van der Waals surface area contributed by atoms with E-state index < -0.39 is 0 Å². The smallest absolute Gasteiger partial charge is 0.195 e. The number of nitrogens with zero attached hydrogens (tertiary/aromatic N) is 1. The van der Waals surface area contributed by atoms with Gasteiger partial charge in [0.05, 0.1) is 19.8 Å². The fourth-order valence-corrected chi connectivity index (χ4v) is 2.22. The molecule has 128 valence electrons. The second-order valence-electron chi connectivity index (χ2n) is 6.08. The molecule has 2 rings (SSSR count). The Labute approximate surface area is 138 Å². The fourth-order valence-electron chi connectivity index (χ4n) is 2.22. The van der Waals surface area contributed by atoms with Gasteiger partial charge in [-0.05, 0) is 12.1 Å². The van der Waals surface area contributed by atoms with Crippen molar-refractivity contribution in [2.75, 3.05) is 52.4 Å². The van der Waals surface area contributed by atoms with Crippen molar-refractivity contribution in [1.29, 1.82) is 0 Å². The normalized spacial score (nSPS) is 16.6. The van der Waals surface area contributed by atoms with Crippen LogP contribution in [0.5, 0.6) is 5.75 Å². The first-order valence-corrected chi connectivity index (χ1v) is 7.92. The topological polar surface area (TPSA) is 64.1 Å². The Morgan fingerprint density at radius 3 is 2.83 bits per heavy atom. The number of guanidine groups is 1. The largest absolute Gasteiger partial charge is 0.493 e. The molecule has 0 atom stereocenters. The molecule has 6 nitrogen and oxygen atoms in total. The van der Waals surface area contributed by atoms with Gasteiger partial charge in [0.1, 0.15) is 5.75 Å². The maximum atomic E-state index is 5.71. The zero-order chi connectivity index (χ0) is 16.5. The van der Waals surface area contributed by atoms with Crippen LogP contribution in [0.3, 0.4) is 0 Å². The van der Waals surface area contributed by atoms with Crippen LogP contribution >= 0.6 is 0 Å². The zero-order valence-corrected chi connectivity index (χ0v) is 14.2.